The van der Waals surface area contributed by atoms with Crippen LogP contribution in [0.2, 0.25) is 0 Å². The van der Waals surface area contributed by atoms with Crippen LogP contribution in [0.25, 0.3) is 0 Å². The van der Waals surface area contributed by atoms with E-state index >= 15 is 0 Å². The lowest BCUT2D eigenvalue weighted by molar-refractivity contribution is 0.0658. The number of H-pyrrole nitrogens is 1. The molecule has 1 saturated heterocycles. The fraction of sp³-hybridized carbons (Fsp3) is 0.643. The molecular formula is C14H21N3O2. The molecule has 19 heavy (non-hydrogen) atoms. The molecule has 1 atom stereocenters. The van der Waals surface area contributed by atoms with Crippen molar-refractivity contribution < 1.29 is 9.90 Å². The maximum absolute atomic E-state index is 12.4. The average Bonchev–Trinajstić information content (AvgIpc) is 2.81. The molecule has 1 fully saturated rings. The molecule has 1 unspecified atom stereocenters. The molecular weight excluding hydrogens is 242 g/mol. The topological polar surface area (TPSA) is 59.6 Å². The van der Waals surface area contributed by atoms with Gasteiger partial charge in [-0.25, -0.2) is 0 Å². The molecule has 0 saturated carbocycles. The summed E-state index contributed by atoms with van der Waals surface area (Å²) in [6.07, 6.45) is 2.04. The number of piperazine rings is 1. The Hall–Kier alpha value is -1.33. The molecule has 3 rings (SSSR count). The van der Waals surface area contributed by atoms with Gasteiger partial charge in [0.1, 0.15) is 5.69 Å². The van der Waals surface area contributed by atoms with Gasteiger partial charge in [-0.3, -0.25) is 4.79 Å². The fourth-order valence-corrected chi connectivity index (χ4v) is 2.90. The zero-order chi connectivity index (χ0) is 13.4. The number of hydrogen-bond acceptors (Lipinski definition) is 3. The van der Waals surface area contributed by atoms with Crippen molar-refractivity contribution in [3.63, 3.8) is 0 Å². The van der Waals surface area contributed by atoms with Gasteiger partial charge in [-0.05, 0) is 31.5 Å². The van der Waals surface area contributed by atoms with Gasteiger partial charge in [0, 0.05) is 38.3 Å². The summed E-state index contributed by atoms with van der Waals surface area (Å²) >= 11 is 0. The molecule has 5 nitrogen and oxygen atoms in total. The normalized spacial score (nSPS) is 24.3. The molecule has 104 valence electrons. The third-order valence-corrected chi connectivity index (χ3v) is 4.20. The van der Waals surface area contributed by atoms with Crippen molar-refractivity contribution in [2.45, 2.75) is 25.4 Å². The molecule has 0 spiro atoms. The molecule has 1 amide bonds. The number of hydrogen-bond donors (Lipinski definition) is 2. The van der Waals surface area contributed by atoms with Gasteiger partial charge in [0.15, 0.2) is 0 Å². The number of likely N-dealkylation sites (N-methyl/N-ethyl adjacent to an activating group) is 1. The van der Waals surface area contributed by atoms with Crippen LogP contribution in [-0.4, -0.2) is 65.1 Å². The number of aryl methyl sites for hydroxylation is 1. The second-order valence-corrected chi connectivity index (χ2v) is 5.68. The predicted molar refractivity (Wildman–Crippen MR) is 72.2 cm³/mol. The van der Waals surface area contributed by atoms with Crippen molar-refractivity contribution in [1.82, 2.24) is 14.8 Å². The number of fused-ring (bicyclic) bond motifs is 1. The van der Waals surface area contributed by atoms with Crippen LogP contribution in [0.3, 0.4) is 0 Å². The molecule has 5 heteroatoms. The van der Waals surface area contributed by atoms with Crippen LogP contribution in [-0.2, 0) is 12.8 Å². The van der Waals surface area contributed by atoms with Crippen LogP contribution in [0.5, 0.6) is 0 Å². The van der Waals surface area contributed by atoms with Gasteiger partial charge in [-0.1, -0.05) is 0 Å². The van der Waals surface area contributed by atoms with Crippen LogP contribution in [0.15, 0.2) is 6.07 Å². The number of aromatic nitrogens is 1. The molecule has 1 aromatic heterocycles. The highest BCUT2D eigenvalue weighted by Crippen LogP contribution is 2.23. The van der Waals surface area contributed by atoms with Crippen LogP contribution in [0.4, 0.5) is 0 Å². The summed E-state index contributed by atoms with van der Waals surface area (Å²) in [5, 5.41) is 9.66. The van der Waals surface area contributed by atoms with Crippen molar-refractivity contribution in [2.75, 3.05) is 33.2 Å². The number of aromatic amines is 1. The molecule has 2 aliphatic rings. The number of nitrogens with zero attached hydrogens (tertiary/aromatic N) is 2. The first-order valence-electron chi connectivity index (χ1n) is 7.00. The Morgan fingerprint density at radius 3 is 2.84 bits per heavy atom. The Balaban J connectivity index is 1.74. The Labute approximate surface area is 113 Å². The SMILES string of the molecule is CN1CCN(C(=O)c2cc3c([nH]2)CC(O)CC3)CC1. The first-order valence-corrected chi connectivity index (χ1v) is 7.00. The smallest absolute Gasteiger partial charge is 0.270 e. The zero-order valence-electron chi connectivity index (χ0n) is 11.4. The highest BCUT2D eigenvalue weighted by Gasteiger charge is 2.25. The van der Waals surface area contributed by atoms with Gasteiger partial charge in [-0.2, -0.15) is 0 Å². The highest BCUT2D eigenvalue weighted by atomic mass is 16.3. The van der Waals surface area contributed by atoms with E-state index in [1.54, 1.807) is 0 Å². The van der Waals surface area contributed by atoms with Crippen molar-refractivity contribution in [1.29, 1.82) is 0 Å². The maximum atomic E-state index is 12.4. The number of rotatable bonds is 1. The highest BCUT2D eigenvalue weighted by molar-refractivity contribution is 5.93. The van der Waals surface area contributed by atoms with E-state index in [1.165, 1.54) is 5.56 Å². The molecule has 1 aromatic rings. The summed E-state index contributed by atoms with van der Waals surface area (Å²) in [5.41, 5.74) is 2.92. The van der Waals surface area contributed by atoms with E-state index in [0.29, 0.717) is 12.1 Å². The van der Waals surface area contributed by atoms with E-state index in [0.717, 1.165) is 44.7 Å². The number of aliphatic hydroxyl groups is 1. The standard InChI is InChI=1S/C14H21N3O2/c1-16-4-6-17(7-5-16)14(19)13-8-10-2-3-11(18)9-12(10)15-13/h8,11,15,18H,2-7,9H2,1H3. The number of aliphatic hydroxyl groups excluding tert-OH is 1. The maximum Gasteiger partial charge on any atom is 0.270 e. The Kier molecular flexibility index (Phi) is 3.33. The summed E-state index contributed by atoms with van der Waals surface area (Å²) in [5.74, 6) is 0.0944. The van der Waals surface area contributed by atoms with Gasteiger partial charge >= 0.3 is 0 Å². The third-order valence-electron chi connectivity index (χ3n) is 4.20. The van der Waals surface area contributed by atoms with Gasteiger partial charge in [0.25, 0.3) is 5.91 Å². The Morgan fingerprint density at radius 2 is 2.11 bits per heavy atom. The lowest BCUT2D eigenvalue weighted by atomic mass is 9.96. The quantitative estimate of drug-likeness (QED) is 0.763. The van der Waals surface area contributed by atoms with Crippen molar-refractivity contribution in [3.05, 3.63) is 23.0 Å². The van der Waals surface area contributed by atoms with Crippen LogP contribution in [0.1, 0.15) is 28.2 Å². The summed E-state index contributed by atoms with van der Waals surface area (Å²) in [6.45, 7) is 3.46. The van der Waals surface area contributed by atoms with E-state index in [2.05, 4.69) is 16.9 Å². The molecule has 1 aliphatic heterocycles. The Bertz CT molecular complexity index is 475. The number of carbonyl (C=O) groups is 1. The third kappa shape index (κ3) is 2.53. The summed E-state index contributed by atoms with van der Waals surface area (Å²) in [4.78, 5) is 19.8. The monoisotopic (exact) mass is 263 g/mol. The van der Waals surface area contributed by atoms with Crippen LogP contribution < -0.4 is 0 Å². The molecule has 1 aliphatic carbocycles. The minimum Gasteiger partial charge on any atom is -0.393 e. The number of amides is 1. The summed E-state index contributed by atoms with van der Waals surface area (Å²) in [7, 11) is 2.08. The van der Waals surface area contributed by atoms with E-state index in [-0.39, 0.29) is 12.0 Å². The summed E-state index contributed by atoms with van der Waals surface area (Å²) < 4.78 is 0. The lowest BCUT2D eigenvalue weighted by Gasteiger charge is -2.32. The lowest BCUT2D eigenvalue weighted by Crippen LogP contribution is -2.47. The number of carbonyl (C=O) groups excluding carboxylic acids is 1. The average molecular weight is 263 g/mol. The van der Waals surface area contributed by atoms with Gasteiger partial charge < -0.3 is 19.9 Å². The second kappa shape index (κ2) is 4.98. The van der Waals surface area contributed by atoms with Gasteiger partial charge in [-0.15, -0.1) is 0 Å². The minimum atomic E-state index is -0.266. The van der Waals surface area contributed by atoms with Crippen molar-refractivity contribution in [3.8, 4) is 0 Å². The summed E-state index contributed by atoms with van der Waals surface area (Å²) in [6, 6.07) is 1.97. The molecule has 0 radical (unpaired) electrons. The van der Waals surface area contributed by atoms with E-state index in [4.69, 9.17) is 0 Å². The van der Waals surface area contributed by atoms with Crippen molar-refractivity contribution >= 4 is 5.91 Å². The predicted octanol–water partition coefficient (Wildman–Crippen LogP) is 0.252. The van der Waals surface area contributed by atoms with E-state index in [1.807, 2.05) is 11.0 Å². The minimum absolute atomic E-state index is 0.0944. The van der Waals surface area contributed by atoms with Gasteiger partial charge in [0.2, 0.25) is 0 Å². The first-order chi connectivity index (χ1) is 9.13. The fourth-order valence-electron chi connectivity index (χ4n) is 2.90. The van der Waals surface area contributed by atoms with E-state index < -0.39 is 0 Å². The Morgan fingerprint density at radius 1 is 1.37 bits per heavy atom. The second-order valence-electron chi connectivity index (χ2n) is 5.68. The van der Waals surface area contributed by atoms with Crippen molar-refractivity contribution in [2.24, 2.45) is 0 Å². The van der Waals surface area contributed by atoms with Gasteiger partial charge in [0.05, 0.1) is 6.10 Å². The number of nitrogens with one attached hydrogen (secondary N) is 1. The molecule has 0 bridgehead atoms. The molecule has 2 heterocycles. The van der Waals surface area contributed by atoms with E-state index in [9.17, 15) is 9.90 Å². The largest absolute Gasteiger partial charge is 0.393 e. The molecule has 0 aromatic carbocycles. The van der Waals surface area contributed by atoms with Crippen LogP contribution in [0, 0.1) is 0 Å². The zero-order valence-corrected chi connectivity index (χ0v) is 11.4. The first kappa shape index (κ1) is 12.7. The van der Waals surface area contributed by atoms with Crippen LogP contribution >= 0.6 is 0 Å². The molecule has 2 N–H and O–H groups in total.